The second-order valence-corrected chi connectivity index (χ2v) is 1.73. The molecule has 0 heterocycles. The maximum absolute atomic E-state index is 10.8. The summed E-state index contributed by atoms with van der Waals surface area (Å²) in [6, 6.07) is 0. The molecule has 0 radical (unpaired) electrons. The fraction of sp³-hybridized carbons (Fsp3) is 1.00. The average Bonchev–Trinajstić information content (AvgIpc) is 1.63. The Bertz CT molecular complexity index is 97.7. The summed E-state index contributed by atoms with van der Waals surface area (Å²) in [5, 5.41) is 0. The van der Waals surface area contributed by atoms with Crippen LogP contribution in [0.4, 0.5) is 13.2 Å². The standard InChI is InChI=1S/C3H5F3.HO3P/c1-2-3(4,5)6;1-4(2)3/h2H2,1H3;(H-,1,2,3)/p+1. The van der Waals surface area contributed by atoms with Gasteiger partial charge in [-0.15, -0.1) is 9.79 Å². The molecule has 0 aliphatic carbocycles. The summed E-state index contributed by atoms with van der Waals surface area (Å²) in [5.74, 6) is 0. The highest BCUT2D eigenvalue weighted by Gasteiger charge is 2.22. The maximum atomic E-state index is 10.8. The number of halogens is 3. The Morgan fingerprint density at radius 1 is 1.40 bits per heavy atom. The minimum Gasteiger partial charge on any atom is -0.171 e. The molecular formula is C3H7F3O3P+. The van der Waals surface area contributed by atoms with Crippen LogP contribution < -0.4 is 0 Å². The van der Waals surface area contributed by atoms with E-state index in [1.54, 1.807) is 0 Å². The lowest BCUT2D eigenvalue weighted by Gasteiger charge is -1.96. The van der Waals surface area contributed by atoms with Crippen molar-refractivity contribution in [1.29, 1.82) is 0 Å². The van der Waals surface area contributed by atoms with Crippen molar-refractivity contribution in [2.24, 2.45) is 0 Å². The third-order valence-corrected chi connectivity index (χ3v) is 0.401. The van der Waals surface area contributed by atoms with Gasteiger partial charge in [-0.2, -0.15) is 13.2 Å². The lowest BCUT2D eigenvalue weighted by molar-refractivity contribution is -0.130. The smallest absolute Gasteiger partial charge is 0.171 e. The number of alkyl halides is 3. The van der Waals surface area contributed by atoms with Gasteiger partial charge in [-0.25, -0.2) is 0 Å². The molecule has 0 aromatic carbocycles. The van der Waals surface area contributed by atoms with Gasteiger partial charge in [0.15, 0.2) is 0 Å². The van der Waals surface area contributed by atoms with Crippen molar-refractivity contribution in [1.82, 2.24) is 0 Å². The van der Waals surface area contributed by atoms with E-state index < -0.39 is 20.9 Å². The second-order valence-electron chi connectivity index (χ2n) is 1.22. The predicted octanol–water partition coefficient (Wildman–Crippen LogP) is 1.59. The molecule has 0 saturated carbocycles. The fourth-order valence-electron chi connectivity index (χ4n) is 0. The third-order valence-electron chi connectivity index (χ3n) is 0.401. The molecule has 0 unspecified atom stereocenters. The van der Waals surface area contributed by atoms with Gasteiger partial charge in [-0.3, -0.25) is 0 Å². The Labute approximate surface area is 56.4 Å². The Morgan fingerprint density at radius 3 is 1.50 bits per heavy atom. The molecule has 0 aliphatic rings. The van der Waals surface area contributed by atoms with E-state index >= 15 is 0 Å². The largest absolute Gasteiger partial charge is 0.692 e. The molecule has 0 spiro atoms. The van der Waals surface area contributed by atoms with Gasteiger partial charge in [0.1, 0.15) is 0 Å². The summed E-state index contributed by atoms with van der Waals surface area (Å²) in [7, 11) is -2.87. The third kappa shape index (κ3) is 45.9. The van der Waals surface area contributed by atoms with Gasteiger partial charge in [0, 0.05) is 11.0 Å². The molecule has 0 aromatic rings. The number of rotatable bonds is 0. The van der Waals surface area contributed by atoms with Crippen LogP contribution in [0.2, 0.25) is 0 Å². The van der Waals surface area contributed by atoms with E-state index in [9.17, 15) is 13.2 Å². The van der Waals surface area contributed by atoms with Gasteiger partial charge in [0.2, 0.25) is 0 Å². The van der Waals surface area contributed by atoms with Crippen LogP contribution in [0.15, 0.2) is 0 Å². The van der Waals surface area contributed by atoms with Crippen molar-refractivity contribution in [3.63, 3.8) is 0 Å². The molecule has 7 heteroatoms. The van der Waals surface area contributed by atoms with E-state index in [0.29, 0.717) is 0 Å². The van der Waals surface area contributed by atoms with Crippen molar-refractivity contribution in [2.45, 2.75) is 19.5 Å². The monoisotopic (exact) mass is 179 g/mol. The molecule has 62 valence electrons. The van der Waals surface area contributed by atoms with E-state index in [2.05, 4.69) is 0 Å². The van der Waals surface area contributed by atoms with Crippen LogP contribution in [0.5, 0.6) is 0 Å². The maximum Gasteiger partial charge on any atom is 0.692 e. The molecule has 0 rings (SSSR count). The van der Waals surface area contributed by atoms with Gasteiger partial charge < -0.3 is 0 Å². The van der Waals surface area contributed by atoms with Gasteiger partial charge in [-0.1, -0.05) is 6.92 Å². The Morgan fingerprint density at radius 2 is 1.50 bits per heavy atom. The molecule has 0 aromatic heterocycles. The molecule has 2 N–H and O–H groups in total. The van der Waals surface area contributed by atoms with E-state index in [4.69, 9.17) is 14.4 Å². The summed E-state index contributed by atoms with van der Waals surface area (Å²) in [4.78, 5) is 14.2. The second kappa shape index (κ2) is 5.58. The lowest BCUT2D eigenvalue weighted by Crippen LogP contribution is -2.02. The van der Waals surface area contributed by atoms with Crippen molar-refractivity contribution < 1.29 is 27.5 Å². The number of hydrogen-bond donors (Lipinski definition) is 2. The molecule has 3 nitrogen and oxygen atoms in total. The zero-order chi connectivity index (χ0) is 8.78. The van der Waals surface area contributed by atoms with Crippen molar-refractivity contribution in [3.8, 4) is 0 Å². The topological polar surface area (TPSA) is 57.5 Å². The van der Waals surface area contributed by atoms with Crippen molar-refractivity contribution in [2.75, 3.05) is 0 Å². The first kappa shape index (κ1) is 12.5. The molecule has 0 aliphatic heterocycles. The molecule has 0 fully saturated rings. The number of hydrogen-bond acceptors (Lipinski definition) is 1. The first-order valence-electron chi connectivity index (χ1n) is 2.21. The summed E-state index contributed by atoms with van der Waals surface area (Å²) >= 11 is 0. The van der Waals surface area contributed by atoms with Crippen LogP contribution in [0, 0.1) is 0 Å². The van der Waals surface area contributed by atoms with Crippen LogP contribution >= 0.6 is 8.25 Å². The first-order chi connectivity index (χ1) is 4.29. The quantitative estimate of drug-likeness (QED) is 0.555. The van der Waals surface area contributed by atoms with Crippen LogP contribution in [0.3, 0.4) is 0 Å². The summed E-state index contributed by atoms with van der Waals surface area (Å²) < 4.78 is 41.1. The molecule has 0 saturated heterocycles. The van der Waals surface area contributed by atoms with Crippen molar-refractivity contribution in [3.05, 3.63) is 0 Å². The molecule has 10 heavy (non-hydrogen) atoms. The van der Waals surface area contributed by atoms with Gasteiger partial charge in [0.25, 0.3) is 0 Å². The summed E-state index contributed by atoms with van der Waals surface area (Å²) in [6.07, 6.45) is -4.69. The van der Waals surface area contributed by atoms with Crippen LogP contribution in [-0.2, 0) is 4.57 Å². The minimum absolute atomic E-state index is 0.729. The van der Waals surface area contributed by atoms with E-state index in [-0.39, 0.29) is 0 Å². The average molecular weight is 179 g/mol. The summed E-state index contributed by atoms with van der Waals surface area (Å²) in [6.45, 7) is 1.08. The van der Waals surface area contributed by atoms with Gasteiger partial charge in [0.05, 0.1) is 0 Å². The molecular weight excluding hydrogens is 172 g/mol. The summed E-state index contributed by atoms with van der Waals surface area (Å²) in [5.41, 5.74) is 0. The highest BCUT2D eigenvalue weighted by molar-refractivity contribution is 7.30. The van der Waals surface area contributed by atoms with Crippen LogP contribution in [0.1, 0.15) is 13.3 Å². The first-order valence-corrected chi connectivity index (χ1v) is 3.38. The van der Waals surface area contributed by atoms with Crippen LogP contribution in [0.25, 0.3) is 0 Å². The Balaban J connectivity index is 0. The molecule has 0 bridgehead atoms. The minimum atomic E-state index is -3.96. The van der Waals surface area contributed by atoms with E-state index in [1.807, 2.05) is 0 Å². The Kier molecular flexibility index (Phi) is 6.97. The van der Waals surface area contributed by atoms with E-state index in [1.165, 1.54) is 0 Å². The lowest BCUT2D eigenvalue weighted by atomic mass is 10.5. The fourth-order valence-corrected chi connectivity index (χ4v) is 0. The van der Waals surface area contributed by atoms with Crippen LogP contribution in [-0.4, -0.2) is 16.0 Å². The highest BCUT2D eigenvalue weighted by Crippen LogP contribution is 2.17. The highest BCUT2D eigenvalue weighted by atomic mass is 31.1. The zero-order valence-electron chi connectivity index (χ0n) is 5.09. The Hall–Kier alpha value is -0.190. The van der Waals surface area contributed by atoms with Gasteiger partial charge in [-0.05, 0) is 0 Å². The van der Waals surface area contributed by atoms with Crippen molar-refractivity contribution >= 4 is 8.25 Å². The predicted molar refractivity (Wildman–Crippen MR) is 28.4 cm³/mol. The van der Waals surface area contributed by atoms with Gasteiger partial charge >= 0.3 is 14.4 Å². The van der Waals surface area contributed by atoms with E-state index in [0.717, 1.165) is 6.92 Å². The zero-order valence-corrected chi connectivity index (χ0v) is 5.99. The SMILES string of the molecule is CCC(F)(F)F.O=[P+](O)O. The molecule has 0 atom stereocenters. The normalized spacial score (nSPS) is 9.80. The molecule has 0 amide bonds.